The number of amides is 2. The van der Waals surface area contributed by atoms with E-state index in [9.17, 15) is 19.5 Å². The van der Waals surface area contributed by atoms with Crippen LogP contribution in [0.4, 0.5) is 0 Å². The summed E-state index contributed by atoms with van der Waals surface area (Å²) in [6.45, 7) is 0.183. The largest absolute Gasteiger partial charge is 0.507 e. The Labute approximate surface area is 152 Å². The van der Waals surface area contributed by atoms with Crippen LogP contribution in [0.5, 0.6) is 5.75 Å². The Morgan fingerprint density at radius 3 is 2.36 bits per heavy atom. The van der Waals surface area contributed by atoms with Crippen LogP contribution in [0, 0.1) is 0 Å². The van der Waals surface area contributed by atoms with Gasteiger partial charge in [-0.3, -0.25) is 14.5 Å². The highest BCUT2D eigenvalue weighted by Gasteiger charge is 2.34. The van der Waals surface area contributed by atoms with Crippen LogP contribution < -0.4 is 0 Å². The number of carbonyl (C=O) groups excluding carboxylic acids is 3. The minimum atomic E-state index is -0.666. The van der Waals surface area contributed by atoms with Crippen LogP contribution >= 0.6 is 15.9 Å². The Bertz CT molecular complexity index is 829. The third-order valence-electron chi connectivity index (χ3n) is 3.82. The fraction of sp³-hybridized carbons (Fsp3) is 0.167. The number of fused-ring (bicyclic) bond motifs is 1. The van der Waals surface area contributed by atoms with Crippen molar-refractivity contribution in [2.24, 2.45) is 0 Å². The predicted molar refractivity (Wildman–Crippen MR) is 92.5 cm³/mol. The molecule has 1 aliphatic heterocycles. The predicted octanol–water partition coefficient (Wildman–Crippen LogP) is 3.00. The molecule has 0 unspecified atom stereocenters. The average molecular weight is 404 g/mol. The summed E-state index contributed by atoms with van der Waals surface area (Å²) in [7, 11) is 0. The fourth-order valence-electron chi connectivity index (χ4n) is 2.58. The Kier molecular flexibility index (Phi) is 4.85. The zero-order valence-corrected chi connectivity index (χ0v) is 14.7. The summed E-state index contributed by atoms with van der Waals surface area (Å²) in [5.41, 5.74) is 0.835. The van der Waals surface area contributed by atoms with Gasteiger partial charge in [0.25, 0.3) is 11.8 Å². The number of rotatable bonds is 5. The van der Waals surface area contributed by atoms with Gasteiger partial charge in [0.15, 0.2) is 0 Å². The van der Waals surface area contributed by atoms with E-state index in [0.29, 0.717) is 22.0 Å². The van der Waals surface area contributed by atoms with Crippen molar-refractivity contribution in [2.45, 2.75) is 6.42 Å². The van der Waals surface area contributed by atoms with Crippen molar-refractivity contribution in [3.05, 3.63) is 63.6 Å². The lowest BCUT2D eigenvalue weighted by Gasteiger charge is -2.13. The number of imide groups is 1. The van der Waals surface area contributed by atoms with Crippen molar-refractivity contribution < 1.29 is 24.2 Å². The van der Waals surface area contributed by atoms with Crippen LogP contribution in [0.15, 0.2) is 46.9 Å². The van der Waals surface area contributed by atoms with Crippen LogP contribution in [-0.4, -0.2) is 40.9 Å². The number of esters is 1. The fourth-order valence-corrected chi connectivity index (χ4v) is 2.94. The molecule has 2 amide bonds. The Morgan fingerprint density at radius 2 is 1.72 bits per heavy atom. The van der Waals surface area contributed by atoms with Crippen LogP contribution in [0.3, 0.4) is 0 Å². The third kappa shape index (κ3) is 3.41. The average Bonchev–Trinajstić information content (AvgIpc) is 2.85. The van der Waals surface area contributed by atoms with E-state index in [-0.39, 0.29) is 36.3 Å². The molecule has 1 heterocycles. The summed E-state index contributed by atoms with van der Waals surface area (Å²) in [6, 6.07) is 11.1. The van der Waals surface area contributed by atoms with Crippen LogP contribution in [0.2, 0.25) is 0 Å². The van der Waals surface area contributed by atoms with Gasteiger partial charge in [0.1, 0.15) is 11.3 Å². The molecule has 1 aliphatic rings. The first kappa shape index (κ1) is 17.2. The van der Waals surface area contributed by atoms with Crippen molar-refractivity contribution in [3.63, 3.8) is 0 Å². The van der Waals surface area contributed by atoms with Crippen LogP contribution in [0.1, 0.15) is 37.5 Å². The van der Waals surface area contributed by atoms with E-state index in [1.165, 1.54) is 12.1 Å². The van der Waals surface area contributed by atoms with Gasteiger partial charge in [0, 0.05) is 11.0 Å². The Morgan fingerprint density at radius 1 is 1.08 bits per heavy atom. The molecule has 128 valence electrons. The molecule has 2 aromatic rings. The third-order valence-corrected chi connectivity index (χ3v) is 4.31. The van der Waals surface area contributed by atoms with Gasteiger partial charge < -0.3 is 9.84 Å². The van der Waals surface area contributed by atoms with Gasteiger partial charge in [-0.2, -0.15) is 0 Å². The molecule has 7 heteroatoms. The number of benzene rings is 2. The van der Waals surface area contributed by atoms with Gasteiger partial charge >= 0.3 is 5.97 Å². The SMILES string of the molecule is O=C(OCCCN1C(=O)c2ccccc2C1=O)c1cc(Br)ccc1O. The molecule has 0 saturated carbocycles. The first-order valence-corrected chi connectivity index (χ1v) is 8.39. The molecule has 0 radical (unpaired) electrons. The molecule has 3 rings (SSSR count). The van der Waals surface area contributed by atoms with Crippen molar-refractivity contribution >= 4 is 33.7 Å². The monoisotopic (exact) mass is 403 g/mol. The molecule has 0 aliphatic carbocycles. The molecular weight excluding hydrogens is 390 g/mol. The number of nitrogens with zero attached hydrogens (tertiary/aromatic N) is 1. The number of carbonyl (C=O) groups is 3. The van der Waals surface area contributed by atoms with E-state index in [1.54, 1.807) is 30.3 Å². The zero-order chi connectivity index (χ0) is 18.0. The van der Waals surface area contributed by atoms with Gasteiger partial charge in [-0.25, -0.2) is 4.79 Å². The first-order chi connectivity index (χ1) is 12.0. The molecule has 0 saturated heterocycles. The normalized spacial score (nSPS) is 13.1. The summed E-state index contributed by atoms with van der Waals surface area (Å²) in [4.78, 5) is 37.5. The summed E-state index contributed by atoms with van der Waals surface area (Å²) >= 11 is 3.22. The maximum absolute atomic E-state index is 12.2. The minimum Gasteiger partial charge on any atom is -0.507 e. The van der Waals surface area contributed by atoms with Crippen molar-refractivity contribution in [3.8, 4) is 5.75 Å². The molecule has 0 aromatic heterocycles. The lowest BCUT2D eigenvalue weighted by Crippen LogP contribution is -2.31. The maximum Gasteiger partial charge on any atom is 0.341 e. The molecular formula is C18H14BrNO5. The number of ether oxygens (including phenoxy) is 1. The van der Waals surface area contributed by atoms with Crippen LogP contribution in [-0.2, 0) is 4.74 Å². The van der Waals surface area contributed by atoms with Gasteiger partial charge in [0.2, 0.25) is 0 Å². The second-order valence-corrected chi connectivity index (χ2v) is 6.37. The molecule has 0 spiro atoms. The minimum absolute atomic E-state index is 0.0260. The summed E-state index contributed by atoms with van der Waals surface area (Å²) in [5.74, 6) is -1.51. The molecule has 1 N–H and O–H groups in total. The number of phenols is 1. The molecule has 2 aromatic carbocycles. The standard InChI is InChI=1S/C18H14BrNO5/c19-11-6-7-15(21)14(10-11)18(24)25-9-3-8-20-16(22)12-4-1-2-5-13(12)17(20)23/h1-2,4-7,10,21H,3,8-9H2. The van der Waals surface area contributed by atoms with E-state index in [4.69, 9.17) is 4.74 Å². The first-order valence-electron chi connectivity index (χ1n) is 7.60. The second-order valence-electron chi connectivity index (χ2n) is 5.46. The van der Waals surface area contributed by atoms with E-state index >= 15 is 0 Å². The quantitative estimate of drug-likeness (QED) is 0.471. The highest BCUT2D eigenvalue weighted by atomic mass is 79.9. The Balaban J connectivity index is 1.54. The molecule has 0 fully saturated rings. The van der Waals surface area contributed by atoms with E-state index in [1.807, 2.05) is 0 Å². The van der Waals surface area contributed by atoms with Crippen LogP contribution in [0.25, 0.3) is 0 Å². The maximum atomic E-state index is 12.2. The number of phenolic OH excluding ortho intramolecular Hbond substituents is 1. The highest BCUT2D eigenvalue weighted by Crippen LogP contribution is 2.24. The molecule has 0 bridgehead atoms. The highest BCUT2D eigenvalue weighted by molar-refractivity contribution is 9.10. The van der Waals surface area contributed by atoms with E-state index < -0.39 is 5.97 Å². The Hall–Kier alpha value is -2.67. The number of hydrogen-bond donors (Lipinski definition) is 1. The lowest BCUT2D eigenvalue weighted by molar-refractivity contribution is 0.0479. The summed E-state index contributed by atoms with van der Waals surface area (Å²) in [6.07, 6.45) is 0.311. The van der Waals surface area contributed by atoms with Gasteiger partial charge in [-0.05, 0) is 36.8 Å². The van der Waals surface area contributed by atoms with Gasteiger partial charge in [-0.1, -0.05) is 28.1 Å². The molecule has 25 heavy (non-hydrogen) atoms. The molecule has 0 atom stereocenters. The molecule has 6 nitrogen and oxygen atoms in total. The lowest BCUT2D eigenvalue weighted by atomic mass is 10.1. The number of hydrogen-bond acceptors (Lipinski definition) is 5. The van der Waals surface area contributed by atoms with Crippen molar-refractivity contribution in [1.82, 2.24) is 4.90 Å². The smallest absolute Gasteiger partial charge is 0.341 e. The van der Waals surface area contributed by atoms with E-state index in [2.05, 4.69) is 15.9 Å². The van der Waals surface area contributed by atoms with E-state index in [0.717, 1.165) is 4.90 Å². The summed E-state index contributed by atoms with van der Waals surface area (Å²) < 4.78 is 5.74. The second kappa shape index (κ2) is 7.06. The van der Waals surface area contributed by atoms with Gasteiger partial charge in [-0.15, -0.1) is 0 Å². The van der Waals surface area contributed by atoms with Crippen molar-refractivity contribution in [2.75, 3.05) is 13.2 Å². The number of aromatic hydroxyl groups is 1. The van der Waals surface area contributed by atoms with Crippen molar-refractivity contribution in [1.29, 1.82) is 0 Å². The zero-order valence-electron chi connectivity index (χ0n) is 13.1. The number of halogens is 1. The summed E-state index contributed by atoms with van der Waals surface area (Å²) in [5, 5.41) is 9.68. The topological polar surface area (TPSA) is 83.9 Å². The van der Waals surface area contributed by atoms with Gasteiger partial charge in [0.05, 0.1) is 17.7 Å².